The molecule has 2 heterocycles. The Balaban J connectivity index is 1.07. The van der Waals surface area contributed by atoms with Gasteiger partial charge in [-0.05, 0) is 66.6 Å². The summed E-state index contributed by atoms with van der Waals surface area (Å²) in [6.45, 7) is 5.06. The molecule has 0 bridgehead atoms. The molecule has 0 amide bonds. The number of halogens is 1. The number of hydrogen-bond acceptors (Lipinski definition) is 6. The maximum absolute atomic E-state index is 12.7. The summed E-state index contributed by atoms with van der Waals surface area (Å²) in [5.74, 6) is 0.917. The summed E-state index contributed by atoms with van der Waals surface area (Å²) in [5, 5.41) is 7.67. The average molecular weight is 499 g/mol. The molecule has 3 aromatic carbocycles. The summed E-state index contributed by atoms with van der Waals surface area (Å²) in [6.07, 6.45) is 1.72. The Bertz CT molecular complexity index is 1400. The van der Waals surface area contributed by atoms with E-state index in [0.717, 1.165) is 73.1 Å². The minimum absolute atomic E-state index is 0.263. The Hall–Kier alpha value is -2.65. The summed E-state index contributed by atoms with van der Waals surface area (Å²) in [7, 11) is -3.55. The van der Waals surface area contributed by atoms with Crippen LogP contribution in [0.2, 0.25) is 5.02 Å². The minimum Gasteiger partial charge on any atom is -0.354 e. The van der Waals surface area contributed by atoms with Crippen molar-refractivity contribution in [1.29, 1.82) is 0 Å². The molecule has 0 spiro atoms. The number of nitrogens with one attached hydrogen (secondary N) is 1. The summed E-state index contributed by atoms with van der Waals surface area (Å²) in [5.41, 5.74) is 0.815. The third-order valence-corrected chi connectivity index (χ3v) is 8.00. The topological polar surface area (TPSA) is 78.7 Å². The van der Waals surface area contributed by atoms with E-state index in [1.165, 1.54) is 0 Å². The average Bonchev–Trinajstić information content (AvgIpc) is 3.28. The highest BCUT2D eigenvalue weighted by molar-refractivity contribution is 7.89. The lowest BCUT2D eigenvalue weighted by Crippen LogP contribution is -2.46. The van der Waals surface area contributed by atoms with Crippen molar-refractivity contribution >= 4 is 49.2 Å². The molecule has 1 N–H and O–H groups in total. The van der Waals surface area contributed by atoms with Crippen molar-refractivity contribution in [2.24, 2.45) is 0 Å². The zero-order valence-corrected chi connectivity index (χ0v) is 20.4. The minimum atomic E-state index is -3.55. The van der Waals surface area contributed by atoms with Crippen LogP contribution >= 0.6 is 11.6 Å². The zero-order chi connectivity index (χ0) is 23.5. The van der Waals surface area contributed by atoms with Crippen LogP contribution < -0.4 is 9.62 Å². The fourth-order valence-electron chi connectivity index (χ4n) is 4.40. The first-order valence-electron chi connectivity index (χ1n) is 11.5. The van der Waals surface area contributed by atoms with Gasteiger partial charge in [-0.2, -0.15) is 0 Å². The summed E-state index contributed by atoms with van der Waals surface area (Å²) in [4.78, 5) is 4.95. The quantitative estimate of drug-likeness (QED) is 0.360. The fraction of sp³-hybridized carbons (Fsp3) is 0.320. The molecule has 1 saturated heterocycles. The van der Waals surface area contributed by atoms with E-state index in [1.807, 2.05) is 36.4 Å². The molecule has 1 aromatic heterocycles. The number of anilines is 1. The van der Waals surface area contributed by atoms with Gasteiger partial charge in [0.25, 0.3) is 0 Å². The van der Waals surface area contributed by atoms with Gasteiger partial charge in [0, 0.05) is 37.7 Å². The van der Waals surface area contributed by atoms with E-state index in [0.29, 0.717) is 11.6 Å². The Morgan fingerprint density at radius 1 is 0.941 bits per heavy atom. The smallest absolute Gasteiger partial charge is 0.240 e. The van der Waals surface area contributed by atoms with Gasteiger partial charge in [0.15, 0.2) is 11.4 Å². The van der Waals surface area contributed by atoms with Gasteiger partial charge in [-0.25, -0.2) is 13.1 Å². The van der Waals surface area contributed by atoms with E-state index < -0.39 is 10.0 Å². The van der Waals surface area contributed by atoms with Crippen LogP contribution in [0.15, 0.2) is 70.1 Å². The number of fused-ring (bicyclic) bond motifs is 2. The molecule has 1 aliphatic heterocycles. The van der Waals surface area contributed by atoms with Crippen LogP contribution in [0.25, 0.3) is 21.7 Å². The van der Waals surface area contributed by atoms with Crippen LogP contribution in [0.1, 0.15) is 12.8 Å². The standard InChI is InChI=1S/C25H27ClN4O3S/c26-21-9-7-19-8-10-22(18-20(19)17-21)34(31,32)27-11-3-4-12-29-13-15-30(16-14-29)25-23-5-1-2-6-24(23)33-28-25/h1-2,5-10,17-18,27H,3-4,11-16H2. The van der Waals surface area contributed by atoms with Crippen molar-refractivity contribution in [3.63, 3.8) is 0 Å². The molecule has 4 aromatic rings. The van der Waals surface area contributed by atoms with Crippen LogP contribution in [0.4, 0.5) is 5.82 Å². The molecule has 9 heteroatoms. The molecule has 1 aliphatic rings. The molecular formula is C25H27ClN4O3S. The second kappa shape index (κ2) is 9.92. The maximum atomic E-state index is 12.7. The number of para-hydroxylation sites is 1. The molecule has 178 valence electrons. The van der Waals surface area contributed by atoms with Gasteiger partial charge in [0.2, 0.25) is 10.0 Å². The highest BCUT2D eigenvalue weighted by Gasteiger charge is 2.21. The number of sulfonamides is 1. The van der Waals surface area contributed by atoms with Crippen molar-refractivity contribution in [2.45, 2.75) is 17.7 Å². The number of nitrogens with zero attached hydrogens (tertiary/aromatic N) is 3. The van der Waals surface area contributed by atoms with Crippen molar-refractivity contribution in [1.82, 2.24) is 14.8 Å². The van der Waals surface area contributed by atoms with Crippen LogP contribution in [-0.4, -0.2) is 57.7 Å². The number of rotatable bonds is 8. The van der Waals surface area contributed by atoms with E-state index in [1.54, 1.807) is 24.3 Å². The molecule has 0 atom stereocenters. The first kappa shape index (κ1) is 23.1. The normalized spacial score (nSPS) is 15.4. The van der Waals surface area contributed by atoms with Gasteiger partial charge < -0.3 is 9.42 Å². The molecular weight excluding hydrogens is 472 g/mol. The fourth-order valence-corrected chi connectivity index (χ4v) is 5.69. The number of piperazine rings is 1. The van der Waals surface area contributed by atoms with Crippen molar-refractivity contribution in [2.75, 3.05) is 44.2 Å². The van der Waals surface area contributed by atoms with Crippen LogP contribution in [0.3, 0.4) is 0 Å². The molecule has 0 unspecified atom stereocenters. The number of aromatic nitrogens is 1. The van der Waals surface area contributed by atoms with Crippen LogP contribution in [0, 0.1) is 0 Å². The first-order chi connectivity index (χ1) is 16.5. The van der Waals surface area contributed by atoms with E-state index in [9.17, 15) is 8.42 Å². The van der Waals surface area contributed by atoms with E-state index in [2.05, 4.69) is 19.7 Å². The highest BCUT2D eigenvalue weighted by Crippen LogP contribution is 2.26. The lowest BCUT2D eigenvalue weighted by molar-refractivity contribution is 0.252. The van der Waals surface area contributed by atoms with Gasteiger partial charge in [-0.15, -0.1) is 0 Å². The van der Waals surface area contributed by atoms with Crippen molar-refractivity contribution in [3.8, 4) is 0 Å². The zero-order valence-electron chi connectivity index (χ0n) is 18.8. The highest BCUT2D eigenvalue weighted by atomic mass is 35.5. The molecule has 0 aliphatic carbocycles. The summed E-state index contributed by atoms with van der Waals surface area (Å²) < 4.78 is 33.6. The third-order valence-electron chi connectivity index (χ3n) is 6.31. The van der Waals surface area contributed by atoms with E-state index in [4.69, 9.17) is 16.1 Å². The molecule has 0 saturated carbocycles. The monoisotopic (exact) mass is 498 g/mol. The summed E-state index contributed by atoms with van der Waals surface area (Å²) in [6, 6.07) is 18.5. The second-order valence-corrected chi connectivity index (χ2v) is 10.8. The largest absolute Gasteiger partial charge is 0.354 e. The van der Waals surface area contributed by atoms with Crippen LogP contribution in [0.5, 0.6) is 0 Å². The van der Waals surface area contributed by atoms with Gasteiger partial charge in [0.05, 0.1) is 10.3 Å². The van der Waals surface area contributed by atoms with Crippen molar-refractivity contribution < 1.29 is 12.9 Å². The number of unbranched alkanes of at least 4 members (excludes halogenated alkanes) is 1. The molecule has 0 radical (unpaired) electrons. The Morgan fingerprint density at radius 3 is 2.59 bits per heavy atom. The summed E-state index contributed by atoms with van der Waals surface area (Å²) >= 11 is 6.05. The Kier molecular flexibility index (Phi) is 6.74. The Morgan fingerprint density at radius 2 is 1.74 bits per heavy atom. The van der Waals surface area contributed by atoms with Gasteiger partial charge in [-0.3, -0.25) is 4.90 Å². The first-order valence-corrected chi connectivity index (χ1v) is 13.4. The van der Waals surface area contributed by atoms with E-state index >= 15 is 0 Å². The van der Waals surface area contributed by atoms with Gasteiger partial charge >= 0.3 is 0 Å². The molecule has 34 heavy (non-hydrogen) atoms. The number of hydrogen-bond donors (Lipinski definition) is 1. The van der Waals surface area contributed by atoms with E-state index in [-0.39, 0.29) is 4.90 Å². The predicted molar refractivity (Wildman–Crippen MR) is 136 cm³/mol. The van der Waals surface area contributed by atoms with Gasteiger partial charge in [0.1, 0.15) is 0 Å². The predicted octanol–water partition coefficient (Wildman–Crippen LogP) is 4.52. The maximum Gasteiger partial charge on any atom is 0.240 e. The SMILES string of the molecule is O=S(=O)(NCCCCN1CCN(c2noc3ccccc23)CC1)c1ccc2ccc(Cl)cc2c1. The van der Waals surface area contributed by atoms with Crippen molar-refractivity contribution in [3.05, 3.63) is 65.7 Å². The van der Waals surface area contributed by atoms with Crippen LogP contribution in [-0.2, 0) is 10.0 Å². The van der Waals surface area contributed by atoms with Gasteiger partial charge in [-0.1, -0.05) is 41.0 Å². The lowest BCUT2D eigenvalue weighted by atomic mass is 10.1. The third kappa shape index (κ3) is 5.05. The Labute approximate surface area is 204 Å². The molecule has 5 rings (SSSR count). The lowest BCUT2D eigenvalue weighted by Gasteiger charge is -2.34. The molecule has 7 nitrogen and oxygen atoms in total. The second-order valence-electron chi connectivity index (χ2n) is 8.59. The number of benzene rings is 3. The molecule has 1 fully saturated rings.